The topological polar surface area (TPSA) is 75.7 Å². The molecule has 0 radical (unpaired) electrons. The van der Waals surface area contributed by atoms with E-state index in [0.29, 0.717) is 42.0 Å². The van der Waals surface area contributed by atoms with Gasteiger partial charge in [0.05, 0.1) is 17.6 Å². The van der Waals surface area contributed by atoms with Crippen LogP contribution in [0.2, 0.25) is 5.02 Å². The summed E-state index contributed by atoms with van der Waals surface area (Å²) in [6, 6.07) is 10.1. The number of carbonyl (C=O) groups excluding carboxylic acids is 2. The van der Waals surface area contributed by atoms with Gasteiger partial charge in [0.15, 0.2) is 0 Å². The van der Waals surface area contributed by atoms with Crippen molar-refractivity contribution in [3.63, 3.8) is 0 Å². The van der Waals surface area contributed by atoms with Gasteiger partial charge < -0.3 is 15.0 Å². The number of likely N-dealkylation sites (tertiary alicyclic amines) is 1. The number of hydrogen-bond donors (Lipinski definition) is 1. The lowest BCUT2D eigenvalue weighted by Crippen LogP contribution is -2.68. The van der Waals surface area contributed by atoms with Gasteiger partial charge in [0.25, 0.3) is 5.91 Å². The molecule has 2 fully saturated rings. The molecular formula is C30H38ClFN2O4S. The molecule has 2 aromatic rings. The highest BCUT2D eigenvalue weighted by Gasteiger charge is 2.53. The molecule has 39 heavy (non-hydrogen) atoms. The SMILES string of the molecule is CCCC1(CCC)C(=O)Nc2ccc(Cl)cc21.CCCCOc1ccc(C(=O)N2CC3(C2)CS(=O)C3)c(F)c1. The Hall–Kier alpha value is -2.45. The molecule has 1 N–H and O–H groups in total. The quantitative estimate of drug-likeness (QED) is 0.353. The van der Waals surface area contributed by atoms with E-state index in [4.69, 9.17) is 16.3 Å². The highest BCUT2D eigenvalue weighted by molar-refractivity contribution is 7.86. The van der Waals surface area contributed by atoms with Gasteiger partial charge in [0.1, 0.15) is 11.6 Å². The van der Waals surface area contributed by atoms with Crippen LogP contribution in [0.4, 0.5) is 10.1 Å². The van der Waals surface area contributed by atoms with Crippen LogP contribution in [0.1, 0.15) is 75.2 Å². The molecule has 3 heterocycles. The smallest absolute Gasteiger partial charge is 0.256 e. The molecule has 5 rings (SSSR count). The van der Waals surface area contributed by atoms with Crippen molar-refractivity contribution >= 4 is 39.9 Å². The van der Waals surface area contributed by atoms with Crippen LogP contribution in [0, 0.1) is 11.2 Å². The molecule has 3 aliphatic rings. The number of rotatable bonds is 9. The first-order valence-corrected chi connectivity index (χ1v) is 15.7. The Morgan fingerprint density at radius 3 is 2.36 bits per heavy atom. The summed E-state index contributed by atoms with van der Waals surface area (Å²) >= 11 is 6.06. The summed E-state index contributed by atoms with van der Waals surface area (Å²) < 4.78 is 30.7. The fraction of sp³-hybridized carbons (Fsp3) is 0.533. The standard InChI is InChI=1S/C16H20FNO3S.C14H18ClNO/c1-2-3-6-21-12-4-5-13(14(17)7-12)15(19)18-8-16(9-18)10-22(20)11-16;1-3-7-14(8-4-2)11-9-10(15)5-6-12(11)16-13(14)17/h4-5,7H,2-3,6,8-11H2,1H3;5-6,9H,3-4,7-8H2,1-2H3,(H,16,17). The molecule has 0 atom stereocenters. The summed E-state index contributed by atoms with van der Waals surface area (Å²) in [5, 5.41) is 3.69. The molecule has 0 aliphatic carbocycles. The van der Waals surface area contributed by atoms with E-state index in [0.717, 1.165) is 49.8 Å². The van der Waals surface area contributed by atoms with Crippen LogP contribution < -0.4 is 10.1 Å². The molecule has 3 aliphatic heterocycles. The number of unbranched alkanes of at least 4 members (excludes halogenated alkanes) is 1. The zero-order valence-electron chi connectivity index (χ0n) is 23.0. The van der Waals surface area contributed by atoms with E-state index in [1.165, 1.54) is 12.1 Å². The van der Waals surface area contributed by atoms with Crippen molar-refractivity contribution in [3.05, 3.63) is 58.4 Å². The Kier molecular flexibility index (Phi) is 9.37. The van der Waals surface area contributed by atoms with Gasteiger partial charge in [0.2, 0.25) is 5.91 Å². The minimum atomic E-state index is -0.723. The molecule has 0 bridgehead atoms. The van der Waals surface area contributed by atoms with Crippen LogP contribution in [-0.4, -0.2) is 52.1 Å². The largest absolute Gasteiger partial charge is 0.493 e. The molecule has 2 aromatic carbocycles. The first-order chi connectivity index (χ1) is 18.7. The predicted octanol–water partition coefficient (Wildman–Crippen LogP) is 6.34. The summed E-state index contributed by atoms with van der Waals surface area (Å²) in [5.41, 5.74) is 1.78. The summed E-state index contributed by atoms with van der Waals surface area (Å²) in [4.78, 5) is 26.2. The average Bonchev–Trinajstić information content (AvgIpc) is 3.12. The predicted molar refractivity (Wildman–Crippen MR) is 155 cm³/mol. The number of nitrogens with zero attached hydrogens (tertiary/aromatic N) is 1. The number of hydrogen-bond acceptors (Lipinski definition) is 4. The number of ether oxygens (including phenoxy) is 1. The van der Waals surface area contributed by atoms with Crippen molar-refractivity contribution in [2.75, 3.05) is 36.5 Å². The maximum Gasteiger partial charge on any atom is 0.256 e. The highest BCUT2D eigenvalue weighted by Crippen LogP contribution is 2.45. The van der Waals surface area contributed by atoms with Gasteiger partial charge in [-0.3, -0.25) is 13.8 Å². The van der Waals surface area contributed by atoms with Crippen LogP contribution in [0.15, 0.2) is 36.4 Å². The van der Waals surface area contributed by atoms with Crippen LogP contribution in [0.3, 0.4) is 0 Å². The third-order valence-electron chi connectivity index (χ3n) is 7.75. The maximum absolute atomic E-state index is 14.1. The van der Waals surface area contributed by atoms with Crippen molar-refractivity contribution in [3.8, 4) is 5.75 Å². The van der Waals surface area contributed by atoms with Crippen LogP contribution in [-0.2, 0) is 21.0 Å². The molecule has 2 amide bonds. The molecule has 0 unspecified atom stereocenters. The second kappa shape index (κ2) is 12.4. The Morgan fingerprint density at radius 2 is 1.77 bits per heavy atom. The van der Waals surface area contributed by atoms with Gasteiger partial charge in [-0.25, -0.2) is 4.39 Å². The summed E-state index contributed by atoms with van der Waals surface area (Å²) in [6.07, 6.45) is 5.71. The Bertz CT molecular complexity index is 1230. The van der Waals surface area contributed by atoms with Gasteiger partial charge >= 0.3 is 0 Å². The van der Waals surface area contributed by atoms with E-state index in [-0.39, 0.29) is 28.2 Å². The van der Waals surface area contributed by atoms with Gasteiger partial charge in [-0.2, -0.15) is 0 Å². The zero-order valence-corrected chi connectivity index (χ0v) is 24.6. The second-order valence-electron chi connectivity index (χ2n) is 11.0. The summed E-state index contributed by atoms with van der Waals surface area (Å²) in [7, 11) is -0.723. The Morgan fingerprint density at radius 1 is 1.08 bits per heavy atom. The number of anilines is 1. The van der Waals surface area contributed by atoms with Crippen molar-refractivity contribution < 1.29 is 22.9 Å². The lowest BCUT2D eigenvalue weighted by molar-refractivity contribution is -0.121. The third-order valence-corrected chi connectivity index (χ3v) is 9.85. The number of fused-ring (bicyclic) bond motifs is 1. The Labute approximate surface area is 238 Å². The van der Waals surface area contributed by atoms with Crippen molar-refractivity contribution in [1.29, 1.82) is 0 Å². The molecule has 2 saturated heterocycles. The normalized spacial score (nSPS) is 18.4. The van der Waals surface area contributed by atoms with Crippen LogP contribution in [0.5, 0.6) is 5.75 Å². The number of carbonyl (C=O) groups is 2. The van der Waals surface area contributed by atoms with Gasteiger partial charge in [-0.05, 0) is 55.2 Å². The number of halogens is 2. The van der Waals surface area contributed by atoms with Gasteiger partial charge in [0, 0.05) is 57.6 Å². The Balaban J connectivity index is 0.000000187. The molecule has 1 spiro atoms. The van der Waals surface area contributed by atoms with Crippen LogP contribution >= 0.6 is 11.6 Å². The summed E-state index contributed by atoms with van der Waals surface area (Å²) in [5.74, 6) is 1.10. The van der Waals surface area contributed by atoms with Crippen molar-refractivity contribution in [1.82, 2.24) is 4.90 Å². The number of benzene rings is 2. The van der Waals surface area contributed by atoms with E-state index in [1.54, 1.807) is 11.0 Å². The second-order valence-corrected chi connectivity index (χ2v) is 12.9. The summed E-state index contributed by atoms with van der Waals surface area (Å²) in [6.45, 7) is 8.02. The van der Waals surface area contributed by atoms with E-state index in [1.807, 2.05) is 18.2 Å². The van der Waals surface area contributed by atoms with E-state index >= 15 is 0 Å². The fourth-order valence-corrected chi connectivity index (χ4v) is 7.67. The minimum Gasteiger partial charge on any atom is -0.493 e. The minimum absolute atomic E-state index is 0.0419. The maximum atomic E-state index is 14.1. The van der Waals surface area contributed by atoms with Gasteiger partial charge in [-0.15, -0.1) is 0 Å². The van der Waals surface area contributed by atoms with Crippen molar-refractivity contribution in [2.24, 2.45) is 5.41 Å². The zero-order chi connectivity index (χ0) is 28.2. The molecule has 212 valence electrons. The number of amides is 2. The van der Waals surface area contributed by atoms with E-state index in [9.17, 15) is 18.2 Å². The lowest BCUT2D eigenvalue weighted by atomic mass is 9.74. The van der Waals surface area contributed by atoms with E-state index in [2.05, 4.69) is 26.1 Å². The fourth-order valence-electron chi connectivity index (χ4n) is 5.85. The molecule has 0 aromatic heterocycles. The first-order valence-electron chi connectivity index (χ1n) is 13.8. The first kappa shape index (κ1) is 29.5. The molecule has 0 saturated carbocycles. The van der Waals surface area contributed by atoms with Crippen LogP contribution in [0.25, 0.3) is 0 Å². The third kappa shape index (κ3) is 6.17. The number of nitrogens with one attached hydrogen (secondary N) is 1. The average molecular weight is 577 g/mol. The lowest BCUT2D eigenvalue weighted by Gasteiger charge is -2.54. The van der Waals surface area contributed by atoms with Crippen molar-refractivity contribution in [2.45, 2.75) is 64.7 Å². The highest BCUT2D eigenvalue weighted by atomic mass is 35.5. The van der Waals surface area contributed by atoms with Gasteiger partial charge in [-0.1, -0.05) is 51.6 Å². The molecule has 6 nitrogen and oxygen atoms in total. The molecular weight excluding hydrogens is 539 g/mol. The monoisotopic (exact) mass is 576 g/mol. The molecule has 9 heteroatoms. The van der Waals surface area contributed by atoms with E-state index < -0.39 is 16.6 Å².